The van der Waals surface area contributed by atoms with Crippen LogP contribution in [0.3, 0.4) is 0 Å². The van der Waals surface area contributed by atoms with Crippen LogP contribution in [0.2, 0.25) is 0 Å². The molecule has 9 heteroatoms. The lowest BCUT2D eigenvalue weighted by molar-refractivity contribution is -0.115. The molecule has 35 heavy (non-hydrogen) atoms. The number of anilines is 1. The lowest BCUT2D eigenvalue weighted by Gasteiger charge is -2.18. The number of thioether (sulfide) groups is 1. The largest absolute Gasteiger partial charge is 0.497 e. The number of carbonyl (C=O) groups excluding carboxylic acids is 1. The Labute approximate surface area is 207 Å². The Hall–Kier alpha value is -3.85. The van der Waals surface area contributed by atoms with Crippen molar-refractivity contribution in [3.8, 4) is 17.2 Å². The van der Waals surface area contributed by atoms with Gasteiger partial charge in [-0.1, -0.05) is 36.0 Å². The molecule has 0 fully saturated rings. The second-order valence-corrected chi connectivity index (χ2v) is 9.01. The molecule has 0 bridgehead atoms. The van der Waals surface area contributed by atoms with E-state index in [9.17, 15) is 9.18 Å². The maximum atomic E-state index is 13.2. The number of benzene rings is 3. The maximum absolute atomic E-state index is 13.2. The molecule has 0 saturated carbocycles. The van der Waals surface area contributed by atoms with Gasteiger partial charge in [-0.15, -0.1) is 10.2 Å². The Morgan fingerprint density at radius 2 is 1.69 bits per heavy atom. The van der Waals surface area contributed by atoms with Gasteiger partial charge < -0.3 is 14.8 Å². The standard InChI is InChI=1S/C26H25FN4O3S/c1-17(34-23-11-7-10-22(16-23)33-3)24-29-30-26(31(24)21-8-5-4-6-9-21)35-18(2)25(32)28-20-14-12-19(27)13-15-20/h4-18H,1-3H3,(H,28,32). The normalized spacial score (nSPS) is 12.6. The van der Waals surface area contributed by atoms with Crippen molar-refractivity contribution in [3.05, 3.63) is 90.5 Å². The van der Waals surface area contributed by atoms with E-state index in [1.54, 1.807) is 20.1 Å². The van der Waals surface area contributed by atoms with E-state index >= 15 is 0 Å². The zero-order chi connectivity index (χ0) is 24.8. The van der Waals surface area contributed by atoms with Crippen LogP contribution in [0.15, 0.2) is 84.0 Å². The number of methoxy groups -OCH3 is 1. The number of amides is 1. The SMILES string of the molecule is COc1cccc(OC(C)c2nnc(SC(C)C(=O)Nc3ccc(F)cc3)n2-c2ccccc2)c1. The molecule has 1 aromatic heterocycles. The van der Waals surface area contributed by atoms with E-state index < -0.39 is 11.4 Å². The first-order valence-corrected chi connectivity index (χ1v) is 11.9. The molecule has 0 saturated heterocycles. The van der Waals surface area contributed by atoms with Gasteiger partial charge in [0.2, 0.25) is 5.91 Å². The summed E-state index contributed by atoms with van der Waals surface area (Å²) in [5.74, 6) is 1.33. The number of carbonyl (C=O) groups is 1. The smallest absolute Gasteiger partial charge is 0.237 e. The Balaban J connectivity index is 1.57. The van der Waals surface area contributed by atoms with Gasteiger partial charge >= 0.3 is 0 Å². The number of hydrogen-bond acceptors (Lipinski definition) is 6. The third kappa shape index (κ3) is 5.99. The number of nitrogens with one attached hydrogen (secondary N) is 1. The second-order valence-electron chi connectivity index (χ2n) is 7.71. The van der Waals surface area contributed by atoms with E-state index in [0.29, 0.717) is 28.2 Å². The molecule has 1 N–H and O–H groups in total. The van der Waals surface area contributed by atoms with Crippen LogP contribution in [0.25, 0.3) is 5.69 Å². The first-order chi connectivity index (χ1) is 16.9. The summed E-state index contributed by atoms with van der Waals surface area (Å²) >= 11 is 1.27. The van der Waals surface area contributed by atoms with E-state index in [0.717, 1.165) is 5.69 Å². The first-order valence-electron chi connectivity index (χ1n) is 11.0. The van der Waals surface area contributed by atoms with E-state index in [4.69, 9.17) is 9.47 Å². The van der Waals surface area contributed by atoms with E-state index in [1.165, 1.54) is 36.0 Å². The van der Waals surface area contributed by atoms with Crippen LogP contribution in [0.1, 0.15) is 25.8 Å². The molecule has 0 spiro atoms. The summed E-state index contributed by atoms with van der Waals surface area (Å²) in [7, 11) is 1.60. The van der Waals surface area contributed by atoms with Crippen molar-refractivity contribution in [2.45, 2.75) is 30.4 Å². The van der Waals surface area contributed by atoms with Crippen molar-refractivity contribution in [3.63, 3.8) is 0 Å². The van der Waals surface area contributed by atoms with Crippen molar-refractivity contribution >= 4 is 23.4 Å². The molecular weight excluding hydrogens is 467 g/mol. The molecule has 7 nitrogen and oxygen atoms in total. The Morgan fingerprint density at radius 1 is 0.971 bits per heavy atom. The van der Waals surface area contributed by atoms with Crippen LogP contribution >= 0.6 is 11.8 Å². The average Bonchev–Trinajstić information content (AvgIpc) is 3.29. The molecule has 180 valence electrons. The van der Waals surface area contributed by atoms with Crippen molar-refractivity contribution in [1.82, 2.24) is 14.8 Å². The molecule has 3 aromatic carbocycles. The molecule has 1 heterocycles. The van der Waals surface area contributed by atoms with Gasteiger partial charge in [0.05, 0.1) is 12.4 Å². The highest BCUT2D eigenvalue weighted by Gasteiger charge is 2.24. The number of ether oxygens (including phenoxy) is 2. The summed E-state index contributed by atoms with van der Waals surface area (Å²) in [5.41, 5.74) is 1.37. The van der Waals surface area contributed by atoms with E-state index in [1.807, 2.05) is 60.0 Å². The highest BCUT2D eigenvalue weighted by Crippen LogP contribution is 2.31. The molecule has 1 amide bonds. The quantitative estimate of drug-likeness (QED) is 0.303. The summed E-state index contributed by atoms with van der Waals surface area (Å²) in [6, 6.07) is 22.6. The third-order valence-corrected chi connectivity index (χ3v) is 6.20. The van der Waals surface area contributed by atoms with Crippen LogP contribution in [0.5, 0.6) is 11.5 Å². The van der Waals surface area contributed by atoms with Gasteiger partial charge in [0.15, 0.2) is 17.1 Å². The summed E-state index contributed by atoms with van der Waals surface area (Å²) < 4.78 is 26.5. The number of hydrogen-bond donors (Lipinski definition) is 1. The molecule has 0 aliphatic heterocycles. The van der Waals surface area contributed by atoms with Gasteiger partial charge in [0, 0.05) is 17.4 Å². The molecule has 0 radical (unpaired) electrons. The third-order valence-electron chi connectivity index (χ3n) is 5.15. The van der Waals surface area contributed by atoms with Gasteiger partial charge in [-0.05, 0) is 62.4 Å². The van der Waals surface area contributed by atoms with Crippen molar-refractivity contribution in [2.24, 2.45) is 0 Å². The Bertz CT molecular complexity index is 1280. The zero-order valence-electron chi connectivity index (χ0n) is 19.5. The monoisotopic (exact) mass is 492 g/mol. The average molecular weight is 493 g/mol. The Morgan fingerprint density at radius 3 is 2.40 bits per heavy atom. The van der Waals surface area contributed by atoms with Gasteiger partial charge in [0.1, 0.15) is 17.3 Å². The fourth-order valence-electron chi connectivity index (χ4n) is 3.36. The van der Waals surface area contributed by atoms with Crippen LogP contribution in [-0.4, -0.2) is 33.0 Å². The van der Waals surface area contributed by atoms with Crippen LogP contribution in [-0.2, 0) is 4.79 Å². The number of rotatable bonds is 9. The predicted molar refractivity (Wildman–Crippen MR) is 134 cm³/mol. The highest BCUT2D eigenvalue weighted by molar-refractivity contribution is 8.00. The van der Waals surface area contributed by atoms with Gasteiger partial charge in [0.25, 0.3) is 0 Å². The number of halogens is 1. The molecule has 0 aliphatic rings. The minimum absolute atomic E-state index is 0.230. The van der Waals surface area contributed by atoms with Gasteiger partial charge in [-0.25, -0.2) is 4.39 Å². The van der Waals surface area contributed by atoms with E-state index in [2.05, 4.69) is 15.5 Å². The number of nitrogens with zero attached hydrogens (tertiary/aromatic N) is 3. The van der Waals surface area contributed by atoms with Crippen LogP contribution in [0, 0.1) is 5.82 Å². The molecule has 2 atom stereocenters. The van der Waals surface area contributed by atoms with E-state index in [-0.39, 0.29) is 11.7 Å². The maximum Gasteiger partial charge on any atom is 0.237 e. The fourth-order valence-corrected chi connectivity index (χ4v) is 4.24. The molecule has 0 aliphatic carbocycles. The Kier molecular flexibility index (Phi) is 7.67. The summed E-state index contributed by atoms with van der Waals surface area (Å²) in [6.07, 6.45) is -0.437. The molecule has 2 unspecified atom stereocenters. The molecular formula is C26H25FN4O3S. The molecule has 4 aromatic rings. The minimum atomic E-state index is -0.492. The topological polar surface area (TPSA) is 78.3 Å². The van der Waals surface area contributed by atoms with Crippen molar-refractivity contribution < 1.29 is 18.7 Å². The first kappa shape index (κ1) is 24.3. The highest BCUT2D eigenvalue weighted by atomic mass is 32.2. The number of para-hydroxylation sites is 1. The fraction of sp³-hybridized carbons (Fsp3) is 0.192. The zero-order valence-corrected chi connectivity index (χ0v) is 20.3. The van der Waals surface area contributed by atoms with Crippen LogP contribution < -0.4 is 14.8 Å². The number of aromatic nitrogens is 3. The summed E-state index contributed by atoms with van der Waals surface area (Å²) in [6.45, 7) is 3.67. The van der Waals surface area contributed by atoms with Crippen molar-refractivity contribution in [2.75, 3.05) is 12.4 Å². The lowest BCUT2D eigenvalue weighted by atomic mass is 10.3. The predicted octanol–water partition coefficient (Wildman–Crippen LogP) is 5.67. The lowest BCUT2D eigenvalue weighted by Crippen LogP contribution is -2.23. The van der Waals surface area contributed by atoms with Gasteiger partial charge in [-0.3, -0.25) is 9.36 Å². The second kappa shape index (κ2) is 11.1. The molecule has 4 rings (SSSR count). The van der Waals surface area contributed by atoms with Gasteiger partial charge in [-0.2, -0.15) is 0 Å². The van der Waals surface area contributed by atoms with Crippen LogP contribution in [0.4, 0.5) is 10.1 Å². The van der Waals surface area contributed by atoms with Crippen molar-refractivity contribution in [1.29, 1.82) is 0 Å². The summed E-state index contributed by atoms with van der Waals surface area (Å²) in [5, 5.41) is 11.6. The minimum Gasteiger partial charge on any atom is -0.497 e. The summed E-state index contributed by atoms with van der Waals surface area (Å²) in [4.78, 5) is 12.8.